The van der Waals surface area contributed by atoms with E-state index < -0.39 is 0 Å². The van der Waals surface area contributed by atoms with Crippen LogP contribution in [-0.2, 0) is 11.2 Å². The van der Waals surface area contributed by atoms with Crippen molar-refractivity contribution in [1.82, 2.24) is 10.6 Å². The Balaban J connectivity index is 0.00000220. The van der Waals surface area contributed by atoms with Gasteiger partial charge in [0.25, 0.3) is 0 Å². The zero-order valence-electron chi connectivity index (χ0n) is 12.9. The van der Waals surface area contributed by atoms with Crippen molar-refractivity contribution in [1.29, 1.82) is 0 Å². The van der Waals surface area contributed by atoms with Crippen LogP contribution in [0, 0.1) is 0 Å². The Morgan fingerprint density at radius 1 is 1.33 bits per heavy atom. The lowest BCUT2D eigenvalue weighted by Crippen LogP contribution is -2.41. The molecule has 0 amide bonds. The van der Waals surface area contributed by atoms with E-state index in [0.717, 1.165) is 38.7 Å². The van der Waals surface area contributed by atoms with Crippen LogP contribution in [0.2, 0.25) is 0 Å². The molecule has 0 heterocycles. The molecule has 21 heavy (non-hydrogen) atoms. The number of aliphatic imine (C=N–C) groups is 1. The lowest BCUT2D eigenvalue weighted by atomic mass is 9.78. The summed E-state index contributed by atoms with van der Waals surface area (Å²) < 4.78 is 5.31. The van der Waals surface area contributed by atoms with Gasteiger partial charge in [0.2, 0.25) is 0 Å². The van der Waals surface area contributed by atoms with Crippen LogP contribution in [0.15, 0.2) is 29.3 Å². The first-order valence-electron chi connectivity index (χ1n) is 7.45. The number of nitrogens with one attached hydrogen (secondary N) is 2. The van der Waals surface area contributed by atoms with E-state index in [9.17, 15) is 0 Å². The van der Waals surface area contributed by atoms with Crippen molar-refractivity contribution >= 4 is 29.9 Å². The van der Waals surface area contributed by atoms with Crippen LogP contribution in [0.3, 0.4) is 0 Å². The Labute approximate surface area is 144 Å². The Kier molecular flexibility index (Phi) is 8.68. The van der Waals surface area contributed by atoms with Gasteiger partial charge in [-0.15, -0.1) is 24.0 Å². The number of benzene rings is 1. The predicted octanol–water partition coefficient (Wildman–Crippen LogP) is 2.54. The van der Waals surface area contributed by atoms with Gasteiger partial charge in [-0.3, -0.25) is 4.99 Å². The van der Waals surface area contributed by atoms with Crippen LogP contribution < -0.4 is 10.6 Å². The van der Waals surface area contributed by atoms with Crippen LogP contribution in [0.25, 0.3) is 0 Å². The van der Waals surface area contributed by atoms with Crippen LogP contribution in [0.4, 0.5) is 0 Å². The molecular formula is C16H26IN3O. The van der Waals surface area contributed by atoms with Crippen LogP contribution in [-0.4, -0.2) is 39.3 Å². The van der Waals surface area contributed by atoms with Crippen molar-refractivity contribution in [3.63, 3.8) is 0 Å². The summed E-state index contributed by atoms with van der Waals surface area (Å²) in [6.07, 6.45) is 2.17. The minimum atomic E-state index is 0. The molecule has 4 nitrogen and oxygen atoms in total. The van der Waals surface area contributed by atoms with Crippen molar-refractivity contribution in [2.75, 3.05) is 33.4 Å². The molecule has 0 radical (unpaired) electrons. The number of halogens is 1. The van der Waals surface area contributed by atoms with Crippen molar-refractivity contribution in [2.45, 2.75) is 25.7 Å². The Morgan fingerprint density at radius 3 is 2.86 bits per heavy atom. The van der Waals surface area contributed by atoms with Crippen molar-refractivity contribution in [3.05, 3.63) is 35.4 Å². The molecule has 0 saturated heterocycles. The second-order valence-corrected chi connectivity index (χ2v) is 5.03. The number of guanidine groups is 1. The van der Waals surface area contributed by atoms with Crippen molar-refractivity contribution in [3.8, 4) is 0 Å². The molecule has 118 valence electrons. The minimum absolute atomic E-state index is 0. The molecule has 1 aromatic rings. The first-order chi connectivity index (χ1) is 9.85. The monoisotopic (exact) mass is 403 g/mol. The van der Waals surface area contributed by atoms with Gasteiger partial charge in [0.15, 0.2) is 5.96 Å². The summed E-state index contributed by atoms with van der Waals surface area (Å²) in [5.74, 6) is 1.50. The largest absolute Gasteiger partial charge is 0.382 e. The van der Waals surface area contributed by atoms with Crippen LogP contribution in [0.1, 0.15) is 30.4 Å². The van der Waals surface area contributed by atoms with E-state index in [1.54, 1.807) is 0 Å². The van der Waals surface area contributed by atoms with Gasteiger partial charge < -0.3 is 15.4 Å². The zero-order chi connectivity index (χ0) is 14.2. The molecule has 2 rings (SSSR count). The van der Waals surface area contributed by atoms with Gasteiger partial charge in [0, 0.05) is 39.3 Å². The molecule has 5 heteroatoms. The summed E-state index contributed by atoms with van der Waals surface area (Å²) in [6, 6.07) is 8.67. The topological polar surface area (TPSA) is 45.6 Å². The highest BCUT2D eigenvalue weighted by atomic mass is 127. The first-order valence-corrected chi connectivity index (χ1v) is 7.45. The third kappa shape index (κ3) is 5.47. The van der Waals surface area contributed by atoms with Gasteiger partial charge in [0.1, 0.15) is 0 Å². The number of nitrogens with zero attached hydrogens (tertiary/aromatic N) is 1. The highest BCUT2D eigenvalue weighted by Gasteiger charge is 2.24. The lowest BCUT2D eigenvalue weighted by molar-refractivity contribution is 0.145. The third-order valence-corrected chi connectivity index (χ3v) is 3.66. The van der Waals surface area contributed by atoms with Gasteiger partial charge in [-0.2, -0.15) is 0 Å². The highest BCUT2D eigenvalue weighted by Crippen LogP contribution is 2.33. The molecule has 0 aromatic heterocycles. The number of ether oxygens (including phenoxy) is 1. The molecule has 0 spiro atoms. The molecule has 1 atom stereocenters. The van der Waals surface area contributed by atoms with Gasteiger partial charge in [-0.25, -0.2) is 0 Å². The Hall–Kier alpha value is -0.820. The average Bonchev–Trinajstić information content (AvgIpc) is 2.46. The van der Waals surface area contributed by atoms with Gasteiger partial charge >= 0.3 is 0 Å². The van der Waals surface area contributed by atoms with Gasteiger partial charge in [-0.05, 0) is 30.9 Å². The molecule has 0 saturated carbocycles. The molecule has 1 aliphatic rings. The van der Waals surface area contributed by atoms with Crippen LogP contribution >= 0.6 is 24.0 Å². The second kappa shape index (κ2) is 10.00. The molecule has 0 bridgehead atoms. The zero-order valence-corrected chi connectivity index (χ0v) is 15.2. The van der Waals surface area contributed by atoms with E-state index in [2.05, 4.69) is 39.9 Å². The summed E-state index contributed by atoms with van der Waals surface area (Å²) in [6.45, 7) is 5.44. The van der Waals surface area contributed by atoms with Gasteiger partial charge in [0.05, 0.1) is 0 Å². The maximum atomic E-state index is 5.31. The van der Waals surface area contributed by atoms with E-state index in [1.165, 1.54) is 17.5 Å². The Morgan fingerprint density at radius 2 is 2.14 bits per heavy atom. The van der Waals surface area contributed by atoms with E-state index in [1.807, 2.05) is 14.0 Å². The summed E-state index contributed by atoms with van der Waals surface area (Å²) in [5, 5.41) is 6.72. The normalized spacial score (nSPS) is 16.5. The van der Waals surface area contributed by atoms with Crippen LogP contribution in [0.5, 0.6) is 0 Å². The number of rotatable bonds is 7. The lowest BCUT2D eigenvalue weighted by Gasteiger charge is -2.30. The van der Waals surface area contributed by atoms with Gasteiger partial charge in [-0.1, -0.05) is 24.3 Å². The molecule has 1 unspecified atom stereocenters. The standard InChI is InChI=1S/C16H25N3O.HI/c1-3-20-10-6-9-18-16(17-2)19-12-14-11-13-7-4-5-8-15(13)14;/h4-5,7-8,14H,3,6,9-12H2,1-2H3,(H2,17,18,19);1H. The molecule has 0 fully saturated rings. The first kappa shape index (κ1) is 18.2. The van der Waals surface area contributed by atoms with Crippen molar-refractivity contribution < 1.29 is 4.74 Å². The molecular weight excluding hydrogens is 377 g/mol. The summed E-state index contributed by atoms with van der Waals surface area (Å²) in [5.41, 5.74) is 2.96. The molecule has 1 aromatic carbocycles. The maximum absolute atomic E-state index is 5.31. The minimum Gasteiger partial charge on any atom is -0.382 e. The fourth-order valence-corrected chi connectivity index (χ4v) is 2.51. The Bertz CT molecular complexity index is 451. The summed E-state index contributed by atoms with van der Waals surface area (Å²) in [4.78, 5) is 4.25. The summed E-state index contributed by atoms with van der Waals surface area (Å²) >= 11 is 0. The number of hydrogen-bond acceptors (Lipinski definition) is 2. The maximum Gasteiger partial charge on any atom is 0.190 e. The fourth-order valence-electron chi connectivity index (χ4n) is 2.51. The molecule has 1 aliphatic carbocycles. The van der Waals surface area contributed by atoms with E-state index in [0.29, 0.717) is 5.92 Å². The second-order valence-electron chi connectivity index (χ2n) is 5.03. The quantitative estimate of drug-likeness (QED) is 0.318. The third-order valence-electron chi connectivity index (χ3n) is 3.66. The fraction of sp³-hybridized carbons (Fsp3) is 0.562. The number of fused-ring (bicyclic) bond motifs is 1. The molecule has 0 aliphatic heterocycles. The smallest absolute Gasteiger partial charge is 0.190 e. The van der Waals surface area contributed by atoms with E-state index >= 15 is 0 Å². The SMILES string of the molecule is CCOCCCNC(=NC)NCC1Cc2ccccc21.I. The van der Waals surface area contributed by atoms with Crippen molar-refractivity contribution in [2.24, 2.45) is 4.99 Å². The highest BCUT2D eigenvalue weighted by molar-refractivity contribution is 14.0. The summed E-state index contributed by atoms with van der Waals surface area (Å²) in [7, 11) is 1.81. The average molecular weight is 403 g/mol. The van der Waals surface area contributed by atoms with E-state index in [4.69, 9.17) is 4.74 Å². The molecule has 2 N–H and O–H groups in total. The number of hydrogen-bond donors (Lipinski definition) is 2. The van der Waals surface area contributed by atoms with E-state index in [-0.39, 0.29) is 24.0 Å². The predicted molar refractivity (Wildman–Crippen MR) is 98.8 cm³/mol.